The molecule has 34 heavy (non-hydrogen) atoms. The molecular weight excluding hydrogens is 644 g/mol. The molecule has 2 aromatic rings. The van der Waals surface area contributed by atoms with Crippen molar-refractivity contribution < 1.29 is 64.8 Å². The van der Waals surface area contributed by atoms with Crippen LogP contribution in [-0.4, -0.2) is 43.8 Å². The topological polar surface area (TPSA) is 62.5 Å². The van der Waals surface area contributed by atoms with Crippen LogP contribution in [0.4, 0.5) is 32.4 Å². The average Bonchev–Trinajstić information content (AvgIpc) is 2.74. The number of anilines is 1. The van der Waals surface area contributed by atoms with Gasteiger partial charge in [0.25, 0.3) is 5.91 Å². The van der Waals surface area contributed by atoms with Crippen LogP contribution in [0.25, 0.3) is 0 Å². The number of ether oxygens (including phenoxy) is 1. The van der Waals surface area contributed by atoms with Gasteiger partial charge in [0, 0.05) is 25.2 Å². The standard InChI is InChI=1S/C21H21BrF5N3O3.HI/c1-2-9-29-12-15(11-16(22)13-29)18(31)30(17-6-4-3-5-7-17)10-8-28-19(32)33-14-20(23,24)21(25,26)27;/h3-7,11-13H,2,8-10,14H2,1H3;1H. The Hall–Kier alpha value is -2.03. The van der Waals surface area contributed by atoms with Gasteiger partial charge >= 0.3 is 18.2 Å². The van der Waals surface area contributed by atoms with E-state index in [4.69, 9.17) is 0 Å². The Labute approximate surface area is 218 Å². The molecule has 0 aliphatic heterocycles. The quantitative estimate of drug-likeness (QED) is 0.252. The first-order valence-corrected chi connectivity index (χ1v) is 10.7. The normalized spacial score (nSPS) is 11.4. The number of para-hydroxylation sites is 1. The third-order valence-electron chi connectivity index (χ3n) is 4.33. The molecule has 1 heterocycles. The summed E-state index contributed by atoms with van der Waals surface area (Å²) in [6.07, 6.45) is -2.95. The van der Waals surface area contributed by atoms with E-state index in [-0.39, 0.29) is 37.1 Å². The summed E-state index contributed by atoms with van der Waals surface area (Å²) in [6.45, 7) is 0.190. The molecule has 188 valence electrons. The van der Waals surface area contributed by atoms with E-state index in [1.165, 1.54) is 4.90 Å². The molecule has 2 rings (SSSR count). The summed E-state index contributed by atoms with van der Waals surface area (Å²) in [5, 5.41) is 2.09. The zero-order chi connectivity index (χ0) is 24.6. The zero-order valence-corrected chi connectivity index (χ0v) is 21.7. The Morgan fingerprint density at radius 1 is 1.12 bits per heavy atom. The van der Waals surface area contributed by atoms with E-state index in [1.807, 2.05) is 17.7 Å². The van der Waals surface area contributed by atoms with E-state index in [0.717, 1.165) is 6.42 Å². The fraction of sp³-hybridized carbons (Fsp3) is 0.381. The minimum Gasteiger partial charge on any atom is -1.00 e. The number of carbonyl (C=O) groups excluding carboxylic acids is 2. The molecule has 0 spiro atoms. The van der Waals surface area contributed by atoms with Crippen molar-refractivity contribution in [3.63, 3.8) is 0 Å². The van der Waals surface area contributed by atoms with Crippen LogP contribution in [0.5, 0.6) is 0 Å². The number of rotatable bonds is 9. The highest BCUT2D eigenvalue weighted by Crippen LogP contribution is 2.35. The van der Waals surface area contributed by atoms with Gasteiger partial charge in [0.05, 0.1) is 4.47 Å². The Bertz CT molecular complexity index is 964. The molecule has 0 fully saturated rings. The van der Waals surface area contributed by atoms with Crippen LogP contribution >= 0.6 is 15.9 Å². The van der Waals surface area contributed by atoms with Crippen LogP contribution in [0.15, 0.2) is 53.3 Å². The SMILES string of the molecule is CCC[n+]1cc(Br)cc(C(=O)N(CCNC(=O)OCC(F)(F)C(F)(F)F)c2ccccc2)c1.[I-]. The van der Waals surface area contributed by atoms with Gasteiger partial charge in [0.2, 0.25) is 0 Å². The molecule has 0 unspecified atom stereocenters. The van der Waals surface area contributed by atoms with E-state index in [1.54, 1.807) is 42.6 Å². The van der Waals surface area contributed by atoms with Crippen LogP contribution in [0, 0.1) is 0 Å². The van der Waals surface area contributed by atoms with Crippen molar-refractivity contribution in [1.29, 1.82) is 0 Å². The number of alkyl halides is 5. The molecule has 0 radical (unpaired) electrons. The number of hydrogen-bond acceptors (Lipinski definition) is 3. The van der Waals surface area contributed by atoms with Crippen molar-refractivity contribution in [2.45, 2.75) is 32.0 Å². The van der Waals surface area contributed by atoms with Gasteiger partial charge < -0.3 is 38.9 Å². The Kier molecular flexibility index (Phi) is 11.6. The number of nitrogens with zero attached hydrogens (tertiary/aromatic N) is 2. The van der Waals surface area contributed by atoms with Crippen molar-refractivity contribution in [2.75, 3.05) is 24.6 Å². The summed E-state index contributed by atoms with van der Waals surface area (Å²) in [6, 6.07) is 10.1. The molecule has 0 bridgehead atoms. The van der Waals surface area contributed by atoms with Crippen LogP contribution in [0.2, 0.25) is 0 Å². The van der Waals surface area contributed by atoms with Gasteiger partial charge in [-0.2, -0.15) is 22.0 Å². The van der Waals surface area contributed by atoms with E-state index < -0.39 is 30.7 Å². The van der Waals surface area contributed by atoms with E-state index >= 15 is 0 Å². The Morgan fingerprint density at radius 2 is 1.76 bits per heavy atom. The molecule has 1 aromatic carbocycles. The van der Waals surface area contributed by atoms with Gasteiger partial charge in [0.15, 0.2) is 19.0 Å². The molecule has 1 aromatic heterocycles. The highest BCUT2D eigenvalue weighted by atomic mass is 127. The van der Waals surface area contributed by atoms with Gasteiger partial charge in [-0.15, -0.1) is 0 Å². The van der Waals surface area contributed by atoms with Gasteiger partial charge in [-0.05, 0) is 34.1 Å². The number of pyridine rings is 1. The lowest BCUT2D eigenvalue weighted by Gasteiger charge is -2.23. The molecule has 13 heteroatoms. The largest absolute Gasteiger partial charge is 1.00 e. The zero-order valence-electron chi connectivity index (χ0n) is 17.9. The minimum absolute atomic E-state index is 0. The van der Waals surface area contributed by atoms with Gasteiger partial charge in [-0.25, -0.2) is 9.36 Å². The highest BCUT2D eigenvalue weighted by molar-refractivity contribution is 9.10. The second-order valence-corrected chi connectivity index (χ2v) is 7.89. The number of amides is 2. The molecular formula is C21H22BrF5IN3O3. The van der Waals surface area contributed by atoms with Crippen LogP contribution in [-0.2, 0) is 11.3 Å². The van der Waals surface area contributed by atoms with Crippen molar-refractivity contribution in [3.05, 3.63) is 58.8 Å². The van der Waals surface area contributed by atoms with Crippen molar-refractivity contribution in [1.82, 2.24) is 5.32 Å². The fourth-order valence-corrected chi connectivity index (χ4v) is 3.28. The molecule has 0 aliphatic carbocycles. The summed E-state index contributed by atoms with van der Waals surface area (Å²) >= 11 is 3.37. The summed E-state index contributed by atoms with van der Waals surface area (Å²) in [7, 11) is 0. The monoisotopic (exact) mass is 665 g/mol. The van der Waals surface area contributed by atoms with E-state index in [9.17, 15) is 31.5 Å². The molecule has 0 atom stereocenters. The predicted molar refractivity (Wildman–Crippen MR) is 113 cm³/mol. The number of aromatic nitrogens is 1. The van der Waals surface area contributed by atoms with Crippen molar-refractivity contribution >= 4 is 33.6 Å². The fourth-order valence-electron chi connectivity index (χ4n) is 2.77. The number of hydrogen-bond donors (Lipinski definition) is 1. The number of aryl methyl sites for hydroxylation is 1. The molecule has 0 saturated heterocycles. The maximum absolute atomic E-state index is 13.2. The van der Waals surface area contributed by atoms with Crippen LogP contribution < -0.4 is 38.8 Å². The first kappa shape index (κ1) is 30.0. The molecule has 6 nitrogen and oxygen atoms in total. The first-order chi connectivity index (χ1) is 15.4. The maximum atomic E-state index is 13.2. The summed E-state index contributed by atoms with van der Waals surface area (Å²) < 4.78 is 68.8. The molecule has 1 N–H and O–H groups in total. The second-order valence-electron chi connectivity index (χ2n) is 6.98. The molecule has 0 saturated carbocycles. The average molecular weight is 666 g/mol. The van der Waals surface area contributed by atoms with Gasteiger partial charge in [0.1, 0.15) is 12.1 Å². The minimum atomic E-state index is -5.83. The number of benzene rings is 1. The number of nitrogens with one attached hydrogen (secondary N) is 1. The Balaban J connectivity index is 0.00000578. The lowest BCUT2D eigenvalue weighted by atomic mass is 10.2. The lowest BCUT2D eigenvalue weighted by Crippen LogP contribution is -3.00. The molecule has 2 amide bonds. The first-order valence-electron chi connectivity index (χ1n) is 9.86. The summed E-state index contributed by atoms with van der Waals surface area (Å²) in [4.78, 5) is 26.2. The molecule has 0 aliphatic rings. The van der Waals surface area contributed by atoms with Crippen LogP contribution in [0.3, 0.4) is 0 Å². The predicted octanol–water partition coefficient (Wildman–Crippen LogP) is 1.72. The smallest absolute Gasteiger partial charge is 0.456 e. The maximum Gasteiger partial charge on any atom is 0.456 e. The highest BCUT2D eigenvalue weighted by Gasteiger charge is 2.58. The van der Waals surface area contributed by atoms with Gasteiger partial charge in [-0.1, -0.05) is 25.1 Å². The summed E-state index contributed by atoms with van der Waals surface area (Å²) in [5.74, 6) is -5.56. The third kappa shape index (κ3) is 8.64. The van der Waals surface area contributed by atoms with Gasteiger partial charge in [-0.3, -0.25) is 4.79 Å². The number of halogens is 7. The van der Waals surface area contributed by atoms with E-state index in [0.29, 0.717) is 22.3 Å². The number of alkyl carbamates (subject to hydrolysis) is 1. The Morgan fingerprint density at radius 3 is 2.35 bits per heavy atom. The van der Waals surface area contributed by atoms with Crippen LogP contribution in [0.1, 0.15) is 23.7 Å². The van der Waals surface area contributed by atoms with Crippen molar-refractivity contribution in [3.8, 4) is 0 Å². The lowest BCUT2D eigenvalue weighted by molar-refractivity contribution is -0.697. The van der Waals surface area contributed by atoms with Crippen molar-refractivity contribution in [2.24, 2.45) is 0 Å². The third-order valence-corrected chi connectivity index (χ3v) is 4.77. The number of carbonyl (C=O) groups is 2. The summed E-state index contributed by atoms with van der Waals surface area (Å²) in [5.41, 5.74) is 0.859. The van der Waals surface area contributed by atoms with E-state index in [2.05, 4.69) is 26.0 Å². The second kappa shape index (κ2) is 13.2.